The van der Waals surface area contributed by atoms with Gasteiger partial charge in [0.15, 0.2) is 5.78 Å². The lowest BCUT2D eigenvalue weighted by molar-refractivity contribution is -0.153. The Morgan fingerprint density at radius 1 is 1.25 bits per heavy atom. The molecule has 2 saturated heterocycles. The Kier molecular flexibility index (Phi) is 2.50. The number of hydrogen-bond donors (Lipinski definition) is 1. The Hall–Kier alpha value is -1.59. The van der Waals surface area contributed by atoms with Crippen molar-refractivity contribution in [3.63, 3.8) is 0 Å². The summed E-state index contributed by atoms with van der Waals surface area (Å²) in [4.78, 5) is 37.3. The fourth-order valence-electron chi connectivity index (χ4n) is 3.28. The van der Waals surface area contributed by atoms with Gasteiger partial charge >= 0.3 is 6.09 Å². The van der Waals surface area contributed by atoms with Crippen LogP contribution in [0.2, 0.25) is 0 Å². The second-order valence-electron chi connectivity index (χ2n) is 7.15. The highest BCUT2D eigenvalue weighted by atomic mass is 16.6. The predicted molar refractivity (Wildman–Crippen MR) is 70.0 cm³/mol. The number of ketones is 1. The normalized spacial score (nSPS) is 26.2. The van der Waals surface area contributed by atoms with Gasteiger partial charge in [-0.1, -0.05) is 0 Å². The van der Waals surface area contributed by atoms with Crippen LogP contribution in [0.25, 0.3) is 0 Å². The zero-order chi connectivity index (χ0) is 14.8. The lowest BCUT2D eigenvalue weighted by Crippen LogP contribution is -2.74. The second-order valence-corrected chi connectivity index (χ2v) is 7.15. The van der Waals surface area contributed by atoms with Crippen molar-refractivity contribution in [3.05, 3.63) is 0 Å². The van der Waals surface area contributed by atoms with Crippen LogP contribution in [0, 0.1) is 5.41 Å². The number of likely N-dealkylation sites (tertiary alicyclic amines) is 1. The van der Waals surface area contributed by atoms with E-state index in [1.165, 1.54) is 0 Å². The lowest BCUT2D eigenvalue weighted by Gasteiger charge is -2.55. The number of amides is 2. The maximum Gasteiger partial charge on any atom is 0.410 e. The van der Waals surface area contributed by atoms with Gasteiger partial charge in [0.05, 0.1) is 17.4 Å². The van der Waals surface area contributed by atoms with Crippen LogP contribution < -0.4 is 5.32 Å². The van der Waals surface area contributed by atoms with E-state index in [-0.39, 0.29) is 24.2 Å². The monoisotopic (exact) mass is 280 g/mol. The smallest absolute Gasteiger partial charge is 0.410 e. The summed E-state index contributed by atoms with van der Waals surface area (Å²) in [7, 11) is 0. The molecule has 0 aromatic heterocycles. The molecular weight excluding hydrogens is 260 g/mol. The number of rotatable bonds is 0. The molecule has 3 rings (SSSR count). The van der Waals surface area contributed by atoms with Gasteiger partial charge in [-0.15, -0.1) is 0 Å². The first-order valence-electron chi connectivity index (χ1n) is 7.00. The molecule has 2 heterocycles. The number of fused-ring (bicyclic) bond motifs is 1. The highest BCUT2D eigenvalue weighted by molar-refractivity contribution is 6.06. The molecule has 1 saturated carbocycles. The first-order valence-corrected chi connectivity index (χ1v) is 7.00. The van der Waals surface area contributed by atoms with Crippen LogP contribution >= 0.6 is 0 Å². The highest BCUT2D eigenvalue weighted by Gasteiger charge is 2.71. The molecule has 0 aromatic carbocycles. The Labute approximate surface area is 117 Å². The third kappa shape index (κ3) is 1.81. The average molecular weight is 280 g/mol. The summed E-state index contributed by atoms with van der Waals surface area (Å²) >= 11 is 0. The van der Waals surface area contributed by atoms with Gasteiger partial charge in [0.25, 0.3) is 0 Å². The van der Waals surface area contributed by atoms with Gasteiger partial charge in [-0.2, -0.15) is 0 Å². The molecule has 6 nitrogen and oxygen atoms in total. The van der Waals surface area contributed by atoms with Gasteiger partial charge in [-0.25, -0.2) is 4.79 Å². The third-order valence-corrected chi connectivity index (χ3v) is 4.47. The number of piperidine rings is 1. The zero-order valence-electron chi connectivity index (χ0n) is 12.1. The van der Waals surface area contributed by atoms with E-state index in [4.69, 9.17) is 4.74 Å². The van der Waals surface area contributed by atoms with Crippen molar-refractivity contribution < 1.29 is 19.1 Å². The molecule has 0 unspecified atom stereocenters. The molecule has 110 valence electrons. The van der Waals surface area contributed by atoms with E-state index in [1.807, 2.05) is 20.8 Å². The lowest BCUT2D eigenvalue weighted by atomic mass is 9.65. The van der Waals surface area contributed by atoms with Crippen molar-refractivity contribution in [3.8, 4) is 0 Å². The molecule has 1 aliphatic carbocycles. The van der Waals surface area contributed by atoms with Crippen molar-refractivity contribution in [2.75, 3.05) is 13.1 Å². The van der Waals surface area contributed by atoms with Gasteiger partial charge in [-0.05, 0) is 33.6 Å². The van der Waals surface area contributed by atoms with Crippen LogP contribution in [0.5, 0.6) is 0 Å². The van der Waals surface area contributed by atoms with Crippen LogP contribution in [-0.4, -0.2) is 46.9 Å². The van der Waals surface area contributed by atoms with Gasteiger partial charge < -0.3 is 15.0 Å². The van der Waals surface area contributed by atoms with E-state index in [1.54, 1.807) is 4.90 Å². The number of hydrogen-bond acceptors (Lipinski definition) is 4. The minimum Gasteiger partial charge on any atom is -0.444 e. The van der Waals surface area contributed by atoms with Crippen molar-refractivity contribution in [2.24, 2.45) is 5.41 Å². The van der Waals surface area contributed by atoms with Crippen LogP contribution in [0.15, 0.2) is 0 Å². The maximum absolute atomic E-state index is 12.3. The Bertz CT molecular complexity index is 496. The molecule has 0 atom stereocenters. The van der Waals surface area contributed by atoms with Gasteiger partial charge in [-0.3, -0.25) is 9.59 Å². The van der Waals surface area contributed by atoms with Crippen LogP contribution in [-0.2, 0) is 14.3 Å². The summed E-state index contributed by atoms with van der Waals surface area (Å²) in [5.74, 6) is -0.215. The third-order valence-electron chi connectivity index (χ3n) is 4.47. The van der Waals surface area contributed by atoms with Crippen LogP contribution in [0.3, 0.4) is 0 Å². The average Bonchev–Trinajstić information content (AvgIpc) is 2.91. The molecule has 2 amide bonds. The summed E-state index contributed by atoms with van der Waals surface area (Å²) in [5, 5.41) is 2.96. The summed E-state index contributed by atoms with van der Waals surface area (Å²) in [6.07, 6.45) is 1.20. The van der Waals surface area contributed by atoms with Crippen LogP contribution in [0.4, 0.5) is 4.79 Å². The molecule has 0 bridgehead atoms. The van der Waals surface area contributed by atoms with E-state index in [2.05, 4.69) is 5.32 Å². The molecule has 0 aromatic rings. The summed E-state index contributed by atoms with van der Waals surface area (Å²) in [6.45, 7) is 6.17. The fourth-order valence-corrected chi connectivity index (χ4v) is 3.28. The largest absolute Gasteiger partial charge is 0.444 e. The summed E-state index contributed by atoms with van der Waals surface area (Å²) in [5.41, 5.74) is -1.50. The minimum atomic E-state index is -0.572. The molecule has 3 aliphatic rings. The number of carbonyl (C=O) groups is 3. The molecule has 1 N–H and O–H groups in total. The van der Waals surface area contributed by atoms with E-state index in [0.717, 1.165) is 12.8 Å². The Morgan fingerprint density at radius 2 is 1.85 bits per heavy atom. The maximum atomic E-state index is 12.3. The minimum absolute atomic E-state index is 0.0291. The summed E-state index contributed by atoms with van der Waals surface area (Å²) in [6, 6.07) is 0. The second kappa shape index (κ2) is 3.74. The molecule has 6 heteroatoms. The van der Waals surface area contributed by atoms with Crippen molar-refractivity contribution >= 4 is 17.8 Å². The van der Waals surface area contributed by atoms with Crippen molar-refractivity contribution in [2.45, 2.75) is 51.2 Å². The van der Waals surface area contributed by atoms with Crippen molar-refractivity contribution in [1.29, 1.82) is 0 Å². The number of nitrogens with one attached hydrogen (secondary N) is 1. The number of nitrogens with zero attached hydrogens (tertiary/aromatic N) is 1. The van der Waals surface area contributed by atoms with Gasteiger partial charge in [0.2, 0.25) is 5.91 Å². The SMILES string of the molecule is CC(C)(C)OC(=O)N1CC2(C1)C(=O)CC(=O)NC21CC1. The molecule has 2 aliphatic heterocycles. The van der Waals surface area contributed by atoms with Crippen LogP contribution in [0.1, 0.15) is 40.0 Å². The molecule has 20 heavy (non-hydrogen) atoms. The first kappa shape index (κ1) is 13.4. The standard InChI is InChI=1S/C14H20N2O4/c1-12(2,3)20-11(19)16-7-13(8-16)9(17)6-10(18)15-14(13)4-5-14/h4-8H2,1-3H3,(H,15,18). The van der Waals surface area contributed by atoms with Gasteiger partial charge in [0, 0.05) is 13.1 Å². The molecule has 0 radical (unpaired) electrons. The summed E-state index contributed by atoms with van der Waals surface area (Å²) < 4.78 is 5.31. The molecular formula is C14H20N2O4. The van der Waals surface area contributed by atoms with E-state index >= 15 is 0 Å². The number of ether oxygens (including phenoxy) is 1. The molecule has 3 fully saturated rings. The number of Topliss-reactive ketones (excluding diaryl/α,β-unsaturated/α-hetero) is 1. The van der Waals surface area contributed by atoms with Gasteiger partial charge in [0.1, 0.15) is 5.60 Å². The quantitative estimate of drug-likeness (QED) is 0.667. The highest BCUT2D eigenvalue weighted by Crippen LogP contribution is 2.57. The zero-order valence-corrected chi connectivity index (χ0v) is 12.1. The number of carbonyl (C=O) groups excluding carboxylic acids is 3. The van der Waals surface area contributed by atoms with E-state index < -0.39 is 16.6 Å². The first-order chi connectivity index (χ1) is 9.17. The Balaban J connectivity index is 1.71. The topological polar surface area (TPSA) is 75.7 Å². The predicted octanol–water partition coefficient (Wildman–Crippen LogP) is 0.845. The van der Waals surface area contributed by atoms with E-state index in [9.17, 15) is 14.4 Å². The van der Waals surface area contributed by atoms with E-state index in [0.29, 0.717) is 13.1 Å². The Morgan fingerprint density at radius 3 is 2.35 bits per heavy atom. The fraction of sp³-hybridized carbons (Fsp3) is 0.786. The molecule has 2 spiro atoms. The van der Waals surface area contributed by atoms with Crippen molar-refractivity contribution in [1.82, 2.24) is 10.2 Å².